The molecule has 0 amide bonds. The third-order valence-electron chi connectivity index (χ3n) is 1.36. The number of hydrogen-bond donors (Lipinski definition) is 0. The molecule has 0 saturated carbocycles. The van der Waals surface area contributed by atoms with E-state index in [0.717, 1.165) is 19.1 Å². The maximum absolute atomic E-state index is 10.3. The third kappa shape index (κ3) is 42.7. The van der Waals surface area contributed by atoms with Crippen molar-refractivity contribution in [1.29, 1.82) is 0 Å². The van der Waals surface area contributed by atoms with E-state index in [1.165, 1.54) is 13.0 Å². The SMILES string of the molecule is C=CC(=O)OCCCC.C=COC(C)=O.C=CS(=O)(=O)[O-].[Na+]. The van der Waals surface area contributed by atoms with Crippen molar-refractivity contribution in [1.82, 2.24) is 0 Å². The standard InChI is InChI=1S/C7H12O2.C4H6O2.C2H4O3S.Na/c1-3-5-6-9-7(8)4-2;1-3-6-4(2)5;1-2-6(3,4)5;/h4H,2-3,5-6H2,1H3;3H,1H2,2H3;2H,1H2,(H,3,4,5);/q;;;+1/p-1. The Labute approximate surface area is 154 Å². The molecule has 0 unspecified atom stereocenters. The molecule has 0 spiro atoms. The van der Waals surface area contributed by atoms with Crippen molar-refractivity contribution in [2.45, 2.75) is 26.7 Å². The molecular weight excluding hydrogens is 323 g/mol. The van der Waals surface area contributed by atoms with Gasteiger partial charge in [0.2, 0.25) is 0 Å². The smallest absolute Gasteiger partial charge is 0.745 e. The van der Waals surface area contributed by atoms with Crippen LogP contribution in [-0.2, 0) is 29.2 Å². The number of ether oxygens (including phenoxy) is 2. The van der Waals surface area contributed by atoms with Crippen molar-refractivity contribution in [3.63, 3.8) is 0 Å². The summed E-state index contributed by atoms with van der Waals surface area (Å²) in [7, 11) is -4.15. The van der Waals surface area contributed by atoms with Crippen LogP contribution in [0.5, 0.6) is 0 Å². The molecule has 0 atom stereocenters. The molecular formula is C13H21NaO7S. The summed E-state index contributed by atoms with van der Waals surface area (Å²) in [6, 6.07) is 0. The van der Waals surface area contributed by atoms with E-state index in [0.29, 0.717) is 12.0 Å². The second-order valence-corrected chi connectivity index (χ2v) is 4.48. The van der Waals surface area contributed by atoms with Crippen LogP contribution in [0.2, 0.25) is 0 Å². The van der Waals surface area contributed by atoms with E-state index >= 15 is 0 Å². The summed E-state index contributed by atoms with van der Waals surface area (Å²) < 4.78 is 36.8. The van der Waals surface area contributed by atoms with Gasteiger partial charge in [-0.2, -0.15) is 0 Å². The minimum absolute atomic E-state index is 0. The molecule has 0 aromatic heterocycles. The van der Waals surface area contributed by atoms with Crippen LogP contribution in [0, 0.1) is 0 Å². The average Bonchev–Trinajstić information content (AvgIpc) is 2.39. The van der Waals surface area contributed by atoms with Crippen LogP contribution >= 0.6 is 0 Å². The molecule has 0 aliphatic heterocycles. The van der Waals surface area contributed by atoms with Crippen molar-refractivity contribution in [2.75, 3.05) is 6.61 Å². The van der Waals surface area contributed by atoms with Gasteiger partial charge < -0.3 is 14.0 Å². The molecule has 0 aromatic rings. The van der Waals surface area contributed by atoms with E-state index in [4.69, 9.17) is 0 Å². The van der Waals surface area contributed by atoms with Gasteiger partial charge in [-0.1, -0.05) is 33.1 Å². The van der Waals surface area contributed by atoms with E-state index in [1.807, 2.05) is 6.92 Å². The first-order valence-electron chi connectivity index (χ1n) is 5.80. The summed E-state index contributed by atoms with van der Waals surface area (Å²) in [5.41, 5.74) is 0. The Bertz CT molecular complexity index is 418. The van der Waals surface area contributed by atoms with Gasteiger partial charge in [-0.3, -0.25) is 4.79 Å². The Morgan fingerprint density at radius 2 is 1.68 bits per heavy atom. The maximum atomic E-state index is 10.3. The van der Waals surface area contributed by atoms with Gasteiger partial charge in [0.1, 0.15) is 10.1 Å². The van der Waals surface area contributed by atoms with Crippen LogP contribution in [0.15, 0.2) is 37.5 Å². The van der Waals surface area contributed by atoms with Crippen LogP contribution in [-0.4, -0.2) is 31.5 Å². The quantitative estimate of drug-likeness (QED) is 0.150. The molecule has 0 rings (SSSR count). The minimum atomic E-state index is -4.15. The normalized spacial score (nSPS) is 8.32. The topological polar surface area (TPSA) is 110 Å². The number of carbonyl (C=O) groups is 2. The molecule has 122 valence electrons. The summed E-state index contributed by atoms with van der Waals surface area (Å²) >= 11 is 0. The fourth-order valence-corrected chi connectivity index (χ4v) is 0.493. The van der Waals surface area contributed by atoms with Crippen molar-refractivity contribution in [2.24, 2.45) is 0 Å². The number of hydrogen-bond acceptors (Lipinski definition) is 7. The third-order valence-corrected chi connectivity index (χ3v) is 1.77. The summed E-state index contributed by atoms with van der Waals surface area (Å²) in [4.78, 5) is 20.1. The first kappa shape index (κ1) is 29.1. The zero-order valence-electron chi connectivity index (χ0n) is 13.2. The fourth-order valence-electron chi connectivity index (χ4n) is 0.493. The maximum Gasteiger partial charge on any atom is 1.00 e. The van der Waals surface area contributed by atoms with E-state index in [9.17, 15) is 22.6 Å². The zero-order chi connectivity index (χ0) is 17.3. The fraction of sp³-hybridized carbons (Fsp3) is 0.385. The van der Waals surface area contributed by atoms with Crippen LogP contribution in [0.3, 0.4) is 0 Å². The molecule has 0 bridgehead atoms. The Morgan fingerprint density at radius 1 is 1.23 bits per heavy atom. The van der Waals surface area contributed by atoms with E-state index in [1.54, 1.807) is 0 Å². The molecule has 0 fully saturated rings. The van der Waals surface area contributed by atoms with E-state index in [2.05, 4.69) is 29.2 Å². The summed E-state index contributed by atoms with van der Waals surface area (Å²) in [6.45, 7) is 13.0. The summed E-state index contributed by atoms with van der Waals surface area (Å²) in [5.74, 6) is -0.659. The minimum Gasteiger partial charge on any atom is -0.745 e. The van der Waals surface area contributed by atoms with Crippen molar-refractivity contribution < 1.29 is 61.6 Å². The summed E-state index contributed by atoms with van der Waals surface area (Å²) in [6.07, 6.45) is 4.25. The predicted molar refractivity (Wildman–Crippen MR) is 77.9 cm³/mol. The Hall–Kier alpha value is -0.930. The molecule has 7 nitrogen and oxygen atoms in total. The van der Waals surface area contributed by atoms with Gasteiger partial charge in [0, 0.05) is 18.4 Å². The van der Waals surface area contributed by atoms with E-state index < -0.39 is 10.1 Å². The first-order chi connectivity index (χ1) is 9.64. The molecule has 0 aromatic carbocycles. The van der Waals surface area contributed by atoms with Gasteiger partial charge in [0.25, 0.3) is 0 Å². The van der Waals surface area contributed by atoms with Crippen molar-refractivity contribution in [3.8, 4) is 0 Å². The zero-order valence-corrected chi connectivity index (χ0v) is 16.1. The molecule has 0 heterocycles. The number of rotatable bonds is 6. The largest absolute Gasteiger partial charge is 1.00 e. The van der Waals surface area contributed by atoms with Crippen LogP contribution in [0.4, 0.5) is 0 Å². The molecule has 0 aliphatic rings. The van der Waals surface area contributed by atoms with Crippen LogP contribution < -0.4 is 29.6 Å². The van der Waals surface area contributed by atoms with Crippen molar-refractivity contribution in [3.05, 3.63) is 37.5 Å². The van der Waals surface area contributed by atoms with E-state index in [-0.39, 0.29) is 41.5 Å². The first-order valence-corrected chi connectivity index (χ1v) is 7.27. The molecule has 0 radical (unpaired) electrons. The Morgan fingerprint density at radius 3 is 1.86 bits per heavy atom. The number of unbranched alkanes of at least 4 members (excludes halogenated alkanes) is 1. The second-order valence-electron chi connectivity index (χ2n) is 3.16. The molecule has 0 N–H and O–H groups in total. The Balaban J connectivity index is -0.000000112. The monoisotopic (exact) mass is 344 g/mol. The summed E-state index contributed by atoms with van der Waals surface area (Å²) in [5, 5.41) is 0.354. The second kappa shape index (κ2) is 20.1. The average molecular weight is 344 g/mol. The molecule has 0 aliphatic carbocycles. The molecule has 22 heavy (non-hydrogen) atoms. The molecule has 0 saturated heterocycles. The van der Waals surface area contributed by atoms with Crippen LogP contribution in [0.1, 0.15) is 26.7 Å². The van der Waals surface area contributed by atoms with Gasteiger partial charge in [-0.15, -0.1) is 0 Å². The number of esters is 2. The van der Waals surface area contributed by atoms with Gasteiger partial charge >= 0.3 is 41.5 Å². The van der Waals surface area contributed by atoms with Gasteiger partial charge in [0.15, 0.2) is 0 Å². The number of carbonyl (C=O) groups excluding carboxylic acids is 2. The van der Waals surface area contributed by atoms with Gasteiger partial charge in [0.05, 0.1) is 12.9 Å². The van der Waals surface area contributed by atoms with Gasteiger partial charge in [-0.25, -0.2) is 13.2 Å². The van der Waals surface area contributed by atoms with Gasteiger partial charge in [-0.05, 0) is 6.42 Å². The Kier molecular flexibility index (Phi) is 26.6. The van der Waals surface area contributed by atoms with Crippen LogP contribution in [0.25, 0.3) is 0 Å². The predicted octanol–water partition coefficient (Wildman–Crippen LogP) is -1.11. The molecule has 9 heteroatoms. The van der Waals surface area contributed by atoms with Crippen molar-refractivity contribution >= 4 is 22.1 Å².